The first-order chi connectivity index (χ1) is 10.3. The number of ether oxygens (including phenoxy) is 1. The topological polar surface area (TPSA) is 38.5 Å². The van der Waals surface area contributed by atoms with Gasteiger partial charge in [-0.15, -0.1) is 0 Å². The number of benzene rings is 2. The number of nitrogens with two attached hydrogens (primary N) is 1. The highest BCUT2D eigenvalue weighted by atomic mass is 16.5. The Balaban J connectivity index is 1.60. The third kappa shape index (κ3) is 3.48. The predicted molar refractivity (Wildman–Crippen MR) is 87.7 cm³/mol. The summed E-state index contributed by atoms with van der Waals surface area (Å²) in [7, 11) is 0. The van der Waals surface area contributed by atoms with Crippen LogP contribution in [0.2, 0.25) is 0 Å². The summed E-state index contributed by atoms with van der Waals surface area (Å²) < 4.78 is 5.90. The third-order valence-electron chi connectivity index (χ3n) is 4.03. The van der Waals surface area contributed by atoms with E-state index in [9.17, 15) is 0 Å². The van der Waals surface area contributed by atoms with E-state index in [1.54, 1.807) is 0 Å². The minimum absolute atomic E-state index is 0.554. The van der Waals surface area contributed by atoms with Crippen LogP contribution >= 0.6 is 0 Å². The molecule has 0 spiro atoms. The van der Waals surface area contributed by atoms with Crippen LogP contribution in [0.3, 0.4) is 0 Å². The molecular weight excluding hydrogens is 260 g/mol. The van der Waals surface area contributed by atoms with Gasteiger partial charge in [0.05, 0.1) is 18.0 Å². The molecule has 21 heavy (non-hydrogen) atoms. The molecule has 1 unspecified atom stereocenters. The molecule has 3 rings (SSSR count). The molecule has 0 bridgehead atoms. The number of para-hydroxylation sites is 3. The molecule has 1 saturated heterocycles. The van der Waals surface area contributed by atoms with Gasteiger partial charge in [-0.2, -0.15) is 0 Å². The van der Waals surface area contributed by atoms with Gasteiger partial charge in [-0.25, -0.2) is 0 Å². The minimum Gasteiger partial charge on any atom is -0.493 e. The van der Waals surface area contributed by atoms with Crippen molar-refractivity contribution in [3.05, 3.63) is 54.6 Å². The van der Waals surface area contributed by atoms with Crippen LogP contribution in [0.25, 0.3) is 0 Å². The van der Waals surface area contributed by atoms with Crippen LogP contribution in [-0.2, 0) is 0 Å². The molecule has 110 valence electrons. The van der Waals surface area contributed by atoms with Crippen molar-refractivity contribution in [2.24, 2.45) is 5.92 Å². The van der Waals surface area contributed by atoms with Crippen molar-refractivity contribution in [2.75, 3.05) is 30.3 Å². The van der Waals surface area contributed by atoms with Gasteiger partial charge in [0.1, 0.15) is 5.75 Å². The Morgan fingerprint density at radius 1 is 1.05 bits per heavy atom. The molecule has 0 radical (unpaired) electrons. The molecule has 0 aliphatic carbocycles. The fourth-order valence-corrected chi connectivity index (χ4v) is 2.93. The fraction of sp³-hybridized carbons (Fsp3) is 0.333. The second-order valence-corrected chi connectivity index (χ2v) is 5.64. The summed E-state index contributed by atoms with van der Waals surface area (Å²) in [4.78, 5) is 2.39. The van der Waals surface area contributed by atoms with Crippen molar-refractivity contribution in [3.8, 4) is 5.75 Å². The standard InChI is InChI=1S/C18H22N2O/c19-17-10-4-5-11-18(17)20-12-6-7-15(13-20)14-21-16-8-2-1-3-9-16/h1-5,8-11,15H,6-7,12-14,19H2. The SMILES string of the molecule is Nc1ccccc1N1CCCC(COc2ccccc2)C1. The molecule has 0 saturated carbocycles. The summed E-state index contributed by atoms with van der Waals surface area (Å²) in [6, 6.07) is 18.2. The second-order valence-electron chi connectivity index (χ2n) is 5.64. The first kappa shape index (κ1) is 13.8. The van der Waals surface area contributed by atoms with E-state index in [2.05, 4.69) is 17.0 Å². The van der Waals surface area contributed by atoms with E-state index in [4.69, 9.17) is 10.5 Å². The minimum atomic E-state index is 0.554. The van der Waals surface area contributed by atoms with E-state index in [0.29, 0.717) is 5.92 Å². The second kappa shape index (κ2) is 6.53. The van der Waals surface area contributed by atoms with Crippen molar-refractivity contribution in [2.45, 2.75) is 12.8 Å². The summed E-state index contributed by atoms with van der Waals surface area (Å²) >= 11 is 0. The zero-order valence-electron chi connectivity index (χ0n) is 12.2. The van der Waals surface area contributed by atoms with Crippen LogP contribution in [-0.4, -0.2) is 19.7 Å². The average molecular weight is 282 g/mol. The highest BCUT2D eigenvalue weighted by Crippen LogP contribution is 2.28. The molecule has 1 heterocycles. The number of piperidine rings is 1. The molecule has 1 fully saturated rings. The maximum atomic E-state index is 6.09. The lowest BCUT2D eigenvalue weighted by Gasteiger charge is -2.35. The lowest BCUT2D eigenvalue weighted by atomic mass is 9.98. The summed E-state index contributed by atoms with van der Waals surface area (Å²) in [5.41, 5.74) is 8.11. The molecule has 3 heteroatoms. The van der Waals surface area contributed by atoms with E-state index in [1.807, 2.05) is 42.5 Å². The van der Waals surface area contributed by atoms with E-state index in [1.165, 1.54) is 12.8 Å². The fourth-order valence-electron chi connectivity index (χ4n) is 2.93. The van der Waals surface area contributed by atoms with Gasteiger partial charge in [0.15, 0.2) is 0 Å². The molecule has 1 aliphatic heterocycles. The molecule has 1 atom stereocenters. The Morgan fingerprint density at radius 3 is 2.62 bits per heavy atom. The van der Waals surface area contributed by atoms with Crippen LogP contribution in [0.15, 0.2) is 54.6 Å². The van der Waals surface area contributed by atoms with E-state index >= 15 is 0 Å². The molecule has 3 nitrogen and oxygen atoms in total. The number of hydrogen-bond donors (Lipinski definition) is 1. The van der Waals surface area contributed by atoms with Gasteiger partial charge in [-0.05, 0) is 37.1 Å². The smallest absolute Gasteiger partial charge is 0.119 e. The van der Waals surface area contributed by atoms with Crippen molar-refractivity contribution < 1.29 is 4.74 Å². The highest BCUT2D eigenvalue weighted by Gasteiger charge is 2.21. The van der Waals surface area contributed by atoms with Gasteiger partial charge >= 0.3 is 0 Å². The lowest BCUT2D eigenvalue weighted by Crippen LogP contribution is -2.38. The molecule has 0 aromatic heterocycles. The Bertz CT molecular complexity index is 570. The Kier molecular flexibility index (Phi) is 4.29. The van der Waals surface area contributed by atoms with Crippen LogP contribution in [0.1, 0.15) is 12.8 Å². The normalized spacial score (nSPS) is 18.5. The molecule has 2 N–H and O–H groups in total. The zero-order chi connectivity index (χ0) is 14.5. The number of anilines is 2. The van der Waals surface area contributed by atoms with Crippen molar-refractivity contribution in [1.29, 1.82) is 0 Å². The Hall–Kier alpha value is -2.16. The van der Waals surface area contributed by atoms with E-state index in [0.717, 1.165) is 36.8 Å². The van der Waals surface area contributed by atoms with E-state index in [-0.39, 0.29) is 0 Å². The van der Waals surface area contributed by atoms with Gasteiger partial charge in [0.2, 0.25) is 0 Å². The maximum absolute atomic E-state index is 6.09. The largest absolute Gasteiger partial charge is 0.493 e. The summed E-state index contributed by atoms with van der Waals surface area (Å²) in [5, 5.41) is 0. The third-order valence-corrected chi connectivity index (χ3v) is 4.03. The van der Waals surface area contributed by atoms with Crippen molar-refractivity contribution in [1.82, 2.24) is 0 Å². The Morgan fingerprint density at radius 2 is 1.81 bits per heavy atom. The number of nitrogens with zero attached hydrogens (tertiary/aromatic N) is 1. The molecule has 1 aliphatic rings. The maximum Gasteiger partial charge on any atom is 0.119 e. The molecule has 2 aromatic rings. The summed E-state index contributed by atoms with van der Waals surface area (Å²) in [6.07, 6.45) is 2.41. The van der Waals surface area contributed by atoms with Gasteiger partial charge in [0, 0.05) is 19.0 Å². The zero-order valence-corrected chi connectivity index (χ0v) is 12.2. The number of rotatable bonds is 4. The van der Waals surface area contributed by atoms with Crippen molar-refractivity contribution >= 4 is 11.4 Å². The lowest BCUT2D eigenvalue weighted by molar-refractivity contribution is 0.229. The summed E-state index contributed by atoms with van der Waals surface area (Å²) in [5.74, 6) is 1.51. The number of nitrogen functional groups attached to an aromatic ring is 1. The highest BCUT2D eigenvalue weighted by molar-refractivity contribution is 5.67. The molecular formula is C18H22N2O. The Labute approximate surface area is 126 Å². The van der Waals surface area contributed by atoms with Crippen LogP contribution in [0.5, 0.6) is 5.75 Å². The molecule has 2 aromatic carbocycles. The number of hydrogen-bond acceptors (Lipinski definition) is 3. The van der Waals surface area contributed by atoms with Gasteiger partial charge in [-0.1, -0.05) is 30.3 Å². The van der Waals surface area contributed by atoms with Crippen LogP contribution in [0, 0.1) is 5.92 Å². The van der Waals surface area contributed by atoms with Crippen LogP contribution < -0.4 is 15.4 Å². The first-order valence-corrected chi connectivity index (χ1v) is 7.60. The van der Waals surface area contributed by atoms with Gasteiger partial charge < -0.3 is 15.4 Å². The average Bonchev–Trinajstić information content (AvgIpc) is 2.55. The predicted octanol–water partition coefficient (Wildman–Crippen LogP) is 3.56. The van der Waals surface area contributed by atoms with Crippen molar-refractivity contribution in [3.63, 3.8) is 0 Å². The van der Waals surface area contributed by atoms with E-state index < -0.39 is 0 Å². The molecule has 0 amide bonds. The van der Waals surface area contributed by atoms with Crippen LogP contribution in [0.4, 0.5) is 11.4 Å². The monoisotopic (exact) mass is 282 g/mol. The van der Waals surface area contributed by atoms with Gasteiger partial charge in [0.25, 0.3) is 0 Å². The first-order valence-electron chi connectivity index (χ1n) is 7.60. The summed E-state index contributed by atoms with van der Waals surface area (Å²) in [6.45, 7) is 2.87. The quantitative estimate of drug-likeness (QED) is 0.871. The van der Waals surface area contributed by atoms with Gasteiger partial charge in [-0.3, -0.25) is 0 Å².